The number of amides is 1. The molecule has 2 aromatic rings. The number of carboxylic acid groups (broad SMARTS) is 1. The van der Waals surface area contributed by atoms with Crippen molar-refractivity contribution in [3.8, 4) is 11.4 Å². The van der Waals surface area contributed by atoms with Crippen molar-refractivity contribution in [1.29, 1.82) is 0 Å². The van der Waals surface area contributed by atoms with Crippen LogP contribution in [0.2, 0.25) is 0 Å². The molecule has 0 saturated carbocycles. The van der Waals surface area contributed by atoms with Gasteiger partial charge in [-0.3, -0.25) is 0 Å². The van der Waals surface area contributed by atoms with Crippen LogP contribution in [0.3, 0.4) is 0 Å². The number of hydrogen-bond acceptors (Lipinski definition) is 5. The molecule has 2 unspecified atom stereocenters. The number of likely N-dealkylation sites (tertiary alicyclic amines) is 1. The first-order valence-corrected chi connectivity index (χ1v) is 11.0. The second kappa shape index (κ2) is 7.87. The summed E-state index contributed by atoms with van der Waals surface area (Å²) in [5, 5.41) is 9.30. The average Bonchev–Trinajstić information content (AvgIpc) is 3.27. The van der Waals surface area contributed by atoms with E-state index in [-0.39, 0.29) is 23.7 Å². The lowest BCUT2D eigenvalue weighted by Gasteiger charge is -2.33. The summed E-state index contributed by atoms with van der Waals surface area (Å²) in [6.45, 7) is 0.813. The Morgan fingerprint density at radius 3 is 2.10 bits per heavy atom. The number of hydrogen-bond donors (Lipinski definition) is 1. The number of aromatic nitrogens is 3. The predicted octanol–water partition coefficient (Wildman–Crippen LogP) is 5.13. The molecule has 4 rings (SSSR count). The lowest BCUT2D eigenvalue weighted by molar-refractivity contribution is 0.137. The van der Waals surface area contributed by atoms with Crippen LogP contribution in [-0.2, 0) is 7.59 Å². The molecule has 1 aromatic heterocycles. The molecule has 30 heavy (non-hydrogen) atoms. The highest BCUT2D eigenvalue weighted by molar-refractivity contribution is 6.67. The molecule has 2 bridgehead atoms. The minimum absolute atomic E-state index is 0.0317. The highest BCUT2D eigenvalue weighted by Gasteiger charge is 2.47. The zero-order valence-electron chi connectivity index (χ0n) is 14.9. The van der Waals surface area contributed by atoms with Crippen LogP contribution in [0, 0.1) is 0 Å². The largest absolute Gasteiger partial charge is 0.465 e. The number of carbonyl (C=O) groups is 1. The van der Waals surface area contributed by atoms with Crippen molar-refractivity contribution in [2.45, 2.75) is 26.1 Å². The van der Waals surface area contributed by atoms with Gasteiger partial charge in [-0.1, -0.05) is 93.9 Å². The molecule has 1 amide bonds. The molecule has 2 fully saturated rings. The van der Waals surface area contributed by atoms with Crippen molar-refractivity contribution in [2.75, 3.05) is 18.0 Å². The molecule has 0 radical (unpaired) electrons. The van der Waals surface area contributed by atoms with Gasteiger partial charge < -0.3 is 14.9 Å². The Kier molecular flexibility index (Phi) is 5.83. The summed E-state index contributed by atoms with van der Waals surface area (Å²) in [6, 6.07) is 6.48. The Morgan fingerprint density at radius 2 is 1.60 bits per heavy atom. The summed E-state index contributed by atoms with van der Waals surface area (Å²) in [5.74, 6) is 0.579. The Balaban J connectivity index is 1.70. The molecule has 2 saturated heterocycles. The first-order chi connectivity index (χ1) is 13.9. The summed E-state index contributed by atoms with van der Waals surface area (Å²) >= 11 is 35.9. The van der Waals surface area contributed by atoms with E-state index in [1.54, 1.807) is 24.3 Å². The zero-order valence-corrected chi connectivity index (χ0v) is 19.5. The van der Waals surface area contributed by atoms with Crippen molar-refractivity contribution in [1.82, 2.24) is 19.9 Å². The van der Waals surface area contributed by atoms with Gasteiger partial charge in [0.15, 0.2) is 11.6 Å². The lowest BCUT2D eigenvalue weighted by atomic mass is 10.1. The summed E-state index contributed by atoms with van der Waals surface area (Å²) in [5.41, 5.74) is 1.10. The van der Waals surface area contributed by atoms with Crippen LogP contribution >= 0.6 is 69.6 Å². The SMILES string of the molecule is O=C(O)N1CC2CC1CN2c1nc(-c2ccc(C(Cl)(Cl)Cl)cc2)nc(C(Cl)(Cl)Cl)n1. The number of rotatable bonds is 2. The molecular weight excluding hydrogens is 519 g/mol. The maximum Gasteiger partial charge on any atom is 0.407 e. The molecule has 2 aliphatic heterocycles. The zero-order chi connectivity index (χ0) is 21.8. The smallest absolute Gasteiger partial charge is 0.407 e. The van der Waals surface area contributed by atoms with Crippen molar-refractivity contribution >= 4 is 81.6 Å². The minimum Gasteiger partial charge on any atom is -0.465 e. The van der Waals surface area contributed by atoms with Crippen LogP contribution < -0.4 is 4.90 Å². The summed E-state index contributed by atoms with van der Waals surface area (Å²) in [4.78, 5) is 27.9. The lowest BCUT2D eigenvalue weighted by Crippen LogP contribution is -2.49. The predicted molar refractivity (Wildman–Crippen MR) is 118 cm³/mol. The van der Waals surface area contributed by atoms with Gasteiger partial charge in [0.1, 0.15) is 0 Å². The van der Waals surface area contributed by atoms with Crippen molar-refractivity contribution in [2.24, 2.45) is 0 Å². The van der Waals surface area contributed by atoms with Gasteiger partial charge in [0, 0.05) is 24.2 Å². The Morgan fingerprint density at radius 1 is 0.933 bits per heavy atom. The monoisotopic (exact) mass is 529 g/mol. The third-order valence-electron chi connectivity index (χ3n) is 5.09. The Bertz CT molecular complexity index is 978. The van der Waals surface area contributed by atoms with Crippen LogP contribution in [-0.4, -0.2) is 56.2 Å². The second-order valence-electron chi connectivity index (χ2n) is 6.99. The molecule has 7 nitrogen and oxygen atoms in total. The van der Waals surface area contributed by atoms with E-state index in [9.17, 15) is 9.90 Å². The maximum absolute atomic E-state index is 11.3. The van der Waals surface area contributed by atoms with Gasteiger partial charge in [-0.25, -0.2) is 9.78 Å². The van der Waals surface area contributed by atoms with Gasteiger partial charge in [0.05, 0.1) is 12.1 Å². The molecular formula is C17H13Cl6N5O2. The van der Waals surface area contributed by atoms with Crippen LogP contribution in [0.15, 0.2) is 24.3 Å². The van der Waals surface area contributed by atoms with Crippen molar-refractivity contribution < 1.29 is 9.90 Å². The topological polar surface area (TPSA) is 82.5 Å². The number of piperazine rings is 1. The highest BCUT2D eigenvalue weighted by atomic mass is 35.6. The van der Waals surface area contributed by atoms with Gasteiger partial charge in [0.25, 0.3) is 0 Å². The minimum atomic E-state index is -1.87. The maximum atomic E-state index is 11.3. The van der Waals surface area contributed by atoms with E-state index in [0.29, 0.717) is 36.6 Å². The Labute approximate surface area is 201 Å². The quantitative estimate of drug-likeness (QED) is 0.541. The fraction of sp³-hybridized carbons (Fsp3) is 0.412. The number of halogens is 6. The van der Waals surface area contributed by atoms with Crippen molar-refractivity contribution in [3.63, 3.8) is 0 Å². The van der Waals surface area contributed by atoms with Gasteiger partial charge in [0.2, 0.25) is 13.5 Å². The van der Waals surface area contributed by atoms with E-state index in [4.69, 9.17) is 69.6 Å². The normalized spacial score (nSPS) is 21.4. The molecule has 13 heteroatoms. The van der Waals surface area contributed by atoms with E-state index < -0.39 is 13.7 Å². The van der Waals surface area contributed by atoms with Gasteiger partial charge in [-0.2, -0.15) is 9.97 Å². The van der Waals surface area contributed by atoms with E-state index in [1.807, 2.05) is 4.90 Å². The average molecular weight is 532 g/mol. The fourth-order valence-corrected chi connectivity index (χ4v) is 4.34. The van der Waals surface area contributed by atoms with E-state index in [1.165, 1.54) is 4.90 Å². The molecule has 1 aromatic carbocycles. The summed E-state index contributed by atoms with van der Waals surface area (Å²) in [7, 11) is 0. The van der Waals surface area contributed by atoms with E-state index >= 15 is 0 Å². The molecule has 2 atom stereocenters. The first kappa shape index (κ1) is 22.2. The molecule has 1 N–H and O–H groups in total. The second-order valence-corrected chi connectivity index (χ2v) is 11.5. The van der Waals surface area contributed by atoms with Gasteiger partial charge >= 0.3 is 6.09 Å². The number of nitrogens with zero attached hydrogens (tertiary/aromatic N) is 5. The van der Waals surface area contributed by atoms with E-state index in [0.717, 1.165) is 0 Å². The van der Waals surface area contributed by atoms with Crippen LogP contribution in [0.5, 0.6) is 0 Å². The van der Waals surface area contributed by atoms with E-state index in [2.05, 4.69) is 15.0 Å². The van der Waals surface area contributed by atoms with Crippen LogP contribution in [0.1, 0.15) is 17.8 Å². The highest BCUT2D eigenvalue weighted by Crippen LogP contribution is 2.40. The third kappa shape index (κ3) is 4.33. The summed E-state index contributed by atoms with van der Waals surface area (Å²) in [6.07, 6.45) is -0.247. The summed E-state index contributed by atoms with van der Waals surface area (Å²) < 4.78 is -3.42. The molecule has 3 heterocycles. The van der Waals surface area contributed by atoms with Crippen LogP contribution in [0.4, 0.5) is 10.7 Å². The van der Waals surface area contributed by atoms with Gasteiger partial charge in [-0.05, 0) is 6.42 Å². The molecule has 0 spiro atoms. The fourth-order valence-electron chi connectivity index (χ4n) is 3.70. The van der Waals surface area contributed by atoms with Gasteiger partial charge in [-0.15, -0.1) is 0 Å². The standard InChI is InChI=1S/C17H13Cl6N5O2/c18-16(19,20)9-3-1-8(2-4-9)12-24-13(17(21,22)23)26-14(25-12)27-6-11-5-10(27)7-28(11)15(29)30/h1-4,10-11H,5-7H2,(H,29,30). The molecule has 160 valence electrons. The third-order valence-corrected chi connectivity index (χ3v) is 6.25. The number of benzene rings is 1. The molecule has 2 aliphatic rings. The van der Waals surface area contributed by atoms with Crippen molar-refractivity contribution in [3.05, 3.63) is 35.7 Å². The molecule has 0 aliphatic carbocycles. The number of alkyl halides is 6. The number of anilines is 1. The Hall–Kier alpha value is -0.960. The van der Waals surface area contributed by atoms with Crippen LogP contribution in [0.25, 0.3) is 11.4 Å². The first-order valence-electron chi connectivity index (χ1n) is 8.70. The number of fused-ring (bicyclic) bond motifs is 2.